The van der Waals surface area contributed by atoms with Gasteiger partial charge >= 0.3 is 0 Å². The molecule has 0 aliphatic carbocycles. The average molecular weight is 240 g/mol. The summed E-state index contributed by atoms with van der Waals surface area (Å²) < 4.78 is 4.80. The van der Waals surface area contributed by atoms with Crippen LogP contribution in [0.1, 0.15) is 16.1 Å². The molecule has 2 heterocycles. The lowest BCUT2D eigenvalue weighted by Gasteiger charge is -2.01. The second-order valence-corrected chi connectivity index (χ2v) is 2.99. The fourth-order valence-electron chi connectivity index (χ4n) is 1.15. The van der Waals surface area contributed by atoms with Crippen molar-refractivity contribution in [2.45, 2.75) is 6.92 Å². The summed E-state index contributed by atoms with van der Waals surface area (Å²) in [7, 11) is 0. The van der Waals surface area contributed by atoms with Gasteiger partial charge in [-0.25, -0.2) is 0 Å². The maximum absolute atomic E-state index is 11.7. The van der Waals surface area contributed by atoms with Crippen LogP contribution in [-0.4, -0.2) is 16.0 Å². The second-order valence-electron chi connectivity index (χ2n) is 2.99. The van der Waals surface area contributed by atoms with Crippen LogP contribution in [0.15, 0.2) is 35.2 Å². The van der Waals surface area contributed by atoms with E-state index >= 15 is 0 Å². The highest BCUT2D eigenvalue weighted by atomic mass is 35.5. The number of rotatable bonds is 2. The van der Waals surface area contributed by atoms with Crippen molar-refractivity contribution >= 4 is 24.0 Å². The monoisotopic (exact) mass is 239 g/mol. The summed E-state index contributed by atoms with van der Waals surface area (Å²) >= 11 is 0. The Kier molecular flexibility index (Phi) is 4.02. The number of anilines is 1. The highest BCUT2D eigenvalue weighted by molar-refractivity contribution is 6.04. The first-order valence-electron chi connectivity index (χ1n) is 4.40. The van der Waals surface area contributed by atoms with Gasteiger partial charge in [0.1, 0.15) is 11.3 Å². The molecule has 2 rings (SSSR count). The minimum Gasteiger partial charge on any atom is -0.361 e. The van der Waals surface area contributed by atoms with Crippen LogP contribution in [0.25, 0.3) is 0 Å². The number of nitrogens with zero attached hydrogens (tertiary/aromatic N) is 2. The molecule has 2 aromatic rings. The van der Waals surface area contributed by atoms with E-state index < -0.39 is 0 Å². The highest BCUT2D eigenvalue weighted by Crippen LogP contribution is 2.10. The summed E-state index contributed by atoms with van der Waals surface area (Å²) in [6.07, 6.45) is 4.60. The molecule has 5 nitrogen and oxygen atoms in total. The smallest absolute Gasteiger partial charge is 0.260 e. The van der Waals surface area contributed by atoms with Crippen LogP contribution >= 0.6 is 12.4 Å². The third-order valence-electron chi connectivity index (χ3n) is 1.91. The largest absolute Gasteiger partial charge is 0.361 e. The Morgan fingerprint density at radius 1 is 1.44 bits per heavy atom. The van der Waals surface area contributed by atoms with Crippen LogP contribution in [0, 0.1) is 6.92 Å². The summed E-state index contributed by atoms with van der Waals surface area (Å²) in [6.45, 7) is 1.69. The molecule has 0 bridgehead atoms. The Morgan fingerprint density at radius 2 is 2.25 bits per heavy atom. The minimum absolute atomic E-state index is 0. The molecule has 0 unspecified atom stereocenters. The SMILES string of the molecule is Cc1oncc1C(=O)Nc1cccnc1.Cl. The molecular formula is C10H10ClN3O2. The summed E-state index contributed by atoms with van der Waals surface area (Å²) in [4.78, 5) is 15.5. The van der Waals surface area contributed by atoms with E-state index in [9.17, 15) is 4.79 Å². The molecule has 6 heteroatoms. The predicted octanol–water partition coefficient (Wildman–Crippen LogP) is 2.05. The normalized spacial score (nSPS) is 9.31. The zero-order chi connectivity index (χ0) is 10.7. The Bertz CT molecular complexity index is 470. The van der Waals surface area contributed by atoms with Crippen LogP contribution in [0.5, 0.6) is 0 Å². The topological polar surface area (TPSA) is 68.0 Å². The number of nitrogens with one attached hydrogen (secondary N) is 1. The zero-order valence-corrected chi connectivity index (χ0v) is 9.32. The number of aryl methyl sites for hydroxylation is 1. The van der Waals surface area contributed by atoms with Crippen LogP contribution < -0.4 is 5.32 Å². The van der Waals surface area contributed by atoms with Gasteiger partial charge in [0, 0.05) is 6.20 Å². The lowest BCUT2D eigenvalue weighted by Crippen LogP contribution is -2.12. The van der Waals surface area contributed by atoms with Crippen LogP contribution in [0.4, 0.5) is 5.69 Å². The maximum atomic E-state index is 11.7. The first-order valence-corrected chi connectivity index (χ1v) is 4.40. The van der Waals surface area contributed by atoms with Crippen molar-refractivity contribution in [2.75, 3.05) is 5.32 Å². The number of carbonyl (C=O) groups is 1. The minimum atomic E-state index is -0.248. The molecule has 16 heavy (non-hydrogen) atoms. The third kappa shape index (κ3) is 2.58. The van der Waals surface area contributed by atoms with Gasteiger partial charge in [-0.1, -0.05) is 5.16 Å². The zero-order valence-electron chi connectivity index (χ0n) is 8.51. The first kappa shape index (κ1) is 12.2. The highest BCUT2D eigenvalue weighted by Gasteiger charge is 2.12. The number of aromatic nitrogens is 2. The standard InChI is InChI=1S/C10H9N3O2.ClH/c1-7-9(6-12-15-7)10(14)13-8-3-2-4-11-5-8;/h2-6H,1H3,(H,13,14);1H. The van der Waals surface area contributed by atoms with Crippen LogP contribution in [0.2, 0.25) is 0 Å². The van der Waals surface area contributed by atoms with Crippen molar-refractivity contribution in [1.82, 2.24) is 10.1 Å². The molecule has 84 valence electrons. The van der Waals surface area contributed by atoms with Gasteiger partial charge in [0.15, 0.2) is 0 Å². The number of amides is 1. The lowest BCUT2D eigenvalue weighted by atomic mass is 10.2. The van der Waals surface area contributed by atoms with Crippen molar-refractivity contribution in [3.8, 4) is 0 Å². The van der Waals surface area contributed by atoms with Crippen molar-refractivity contribution in [2.24, 2.45) is 0 Å². The van der Waals surface area contributed by atoms with E-state index in [0.717, 1.165) is 0 Å². The van der Waals surface area contributed by atoms with Gasteiger partial charge < -0.3 is 9.84 Å². The van der Waals surface area contributed by atoms with Gasteiger partial charge in [0.05, 0.1) is 18.1 Å². The van der Waals surface area contributed by atoms with E-state index in [0.29, 0.717) is 17.0 Å². The Labute approximate surface area is 98.3 Å². The molecule has 2 aromatic heterocycles. The molecule has 0 aliphatic rings. The molecule has 0 aliphatic heterocycles. The molecular weight excluding hydrogens is 230 g/mol. The van der Waals surface area contributed by atoms with Crippen molar-refractivity contribution < 1.29 is 9.32 Å². The van der Waals surface area contributed by atoms with E-state index in [2.05, 4.69) is 15.5 Å². The molecule has 0 saturated carbocycles. The Balaban J connectivity index is 0.00000128. The molecule has 1 N–H and O–H groups in total. The molecule has 0 fully saturated rings. The molecule has 0 aromatic carbocycles. The van der Waals surface area contributed by atoms with Gasteiger partial charge in [0.2, 0.25) is 0 Å². The summed E-state index contributed by atoms with van der Waals surface area (Å²) in [5.74, 6) is 0.248. The predicted molar refractivity (Wildman–Crippen MR) is 60.7 cm³/mol. The van der Waals surface area contributed by atoms with Gasteiger partial charge in [-0.05, 0) is 19.1 Å². The van der Waals surface area contributed by atoms with Gasteiger partial charge in [-0.2, -0.15) is 0 Å². The van der Waals surface area contributed by atoms with Crippen molar-refractivity contribution in [3.05, 3.63) is 42.0 Å². The molecule has 0 spiro atoms. The maximum Gasteiger partial charge on any atom is 0.260 e. The quantitative estimate of drug-likeness (QED) is 0.871. The number of hydrogen-bond donors (Lipinski definition) is 1. The number of halogens is 1. The van der Waals surface area contributed by atoms with E-state index in [1.807, 2.05) is 0 Å². The summed E-state index contributed by atoms with van der Waals surface area (Å²) in [6, 6.07) is 3.50. The number of pyridine rings is 1. The van der Waals surface area contributed by atoms with E-state index in [1.165, 1.54) is 6.20 Å². The van der Waals surface area contributed by atoms with Crippen LogP contribution in [0.3, 0.4) is 0 Å². The fourth-order valence-corrected chi connectivity index (χ4v) is 1.15. The molecule has 1 amide bonds. The first-order chi connectivity index (χ1) is 7.27. The van der Waals surface area contributed by atoms with Gasteiger partial charge in [-0.3, -0.25) is 9.78 Å². The molecule has 0 radical (unpaired) electrons. The van der Waals surface area contributed by atoms with Crippen molar-refractivity contribution in [3.63, 3.8) is 0 Å². The number of hydrogen-bond acceptors (Lipinski definition) is 4. The summed E-state index contributed by atoms with van der Waals surface area (Å²) in [5, 5.41) is 6.22. The Hall–Kier alpha value is -1.88. The summed E-state index contributed by atoms with van der Waals surface area (Å²) in [5.41, 5.74) is 1.07. The Morgan fingerprint density at radius 3 is 2.81 bits per heavy atom. The van der Waals surface area contributed by atoms with Gasteiger partial charge in [0.25, 0.3) is 5.91 Å². The number of carbonyl (C=O) groups excluding carboxylic acids is 1. The van der Waals surface area contributed by atoms with Crippen LogP contribution in [-0.2, 0) is 0 Å². The third-order valence-corrected chi connectivity index (χ3v) is 1.91. The second kappa shape index (κ2) is 5.27. The van der Waals surface area contributed by atoms with E-state index in [-0.39, 0.29) is 18.3 Å². The average Bonchev–Trinajstić information content (AvgIpc) is 2.66. The van der Waals surface area contributed by atoms with Crippen molar-refractivity contribution in [1.29, 1.82) is 0 Å². The van der Waals surface area contributed by atoms with E-state index in [4.69, 9.17) is 4.52 Å². The molecule has 0 atom stereocenters. The lowest BCUT2D eigenvalue weighted by molar-refractivity contribution is 0.102. The van der Waals surface area contributed by atoms with Gasteiger partial charge in [-0.15, -0.1) is 12.4 Å². The fraction of sp³-hybridized carbons (Fsp3) is 0.100. The molecule has 0 saturated heterocycles. The van der Waals surface area contributed by atoms with E-state index in [1.54, 1.807) is 31.5 Å².